The Kier molecular flexibility index (Phi) is 8.77. The molecule has 4 aromatic rings. The molecule has 1 heterocycles. The first-order valence-corrected chi connectivity index (χ1v) is 12.1. The number of nitrogens with one attached hydrogen (secondary N) is 2. The van der Waals surface area contributed by atoms with Gasteiger partial charge in [-0.1, -0.05) is 0 Å². The SMILES string of the molecule is COc1cc(NC(C(=O)c2c[nH]c3cc(OC(F)(F)F)c(OC)cc23)c2ccc(F)cc2OC)cc(OCCO)c1. The Morgan fingerprint density at radius 2 is 1.68 bits per heavy atom. The summed E-state index contributed by atoms with van der Waals surface area (Å²) < 4.78 is 78.2. The van der Waals surface area contributed by atoms with Gasteiger partial charge in [0.25, 0.3) is 0 Å². The smallest absolute Gasteiger partial charge is 0.497 e. The van der Waals surface area contributed by atoms with Crippen molar-refractivity contribution in [3.8, 4) is 28.7 Å². The number of ketones is 1. The second-order valence-electron chi connectivity index (χ2n) is 8.60. The lowest BCUT2D eigenvalue weighted by Crippen LogP contribution is -2.22. The van der Waals surface area contributed by atoms with Crippen LogP contribution in [0.15, 0.2) is 54.7 Å². The van der Waals surface area contributed by atoms with Crippen LogP contribution >= 0.6 is 0 Å². The fraction of sp³-hybridized carbons (Fsp3) is 0.250. The van der Waals surface area contributed by atoms with E-state index >= 15 is 0 Å². The molecule has 0 bridgehead atoms. The number of H-pyrrole nitrogens is 1. The number of carbonyl (C=O) groups is 1. The molecule has 0 radical (unpaired) electrons. The molecular formula is C28H26F4N2O7. The van der Waals surface area contributed by atoms with Gasteiger partial charge in [0.1, 0.15) is 35.7 Å². The summed E-state index contributed by atoms with van der Waals surface area (Å²) in [6.07, 6.45) is -3.62. The molecule has 0 saturated heterocycles. The number of ether oxygens (including phenoxy) is 5. The van der Waals surface area contributed by atoms with E-state index in [1.807, 2.05) is 0 Å². The molecule has 0 aliphatic carbocycles. The highest BCUT2D eigenvalue weighted by atomic mass is 19.4. The lowest BCUT2D eigenvalue weighted by molar-refractivity contribution is -0.275. The van der Waals surface area contributed by atoms with Gasteiger partial charge >= 0.3 is 6.36 Å². The fourth-order valence-electron chi connectivity index (χ4n) is 4.25. The molecule has 0 fully saturated rings. The van der Waals surface area contributed by atoms with Crippen LogP contribution in [0, 0.1) is 5.82 Å². The van der Waals surface area contributed by atoms with Crippen LogP contribution < -0.4 is 29.0 Å². The first-order chi connectivity index (χ1) is 19.6. The first-order valence-electron chi connectivity index (χ1n) is 12.1. The normalized spacial score (nSPS) is 12.1. The van der Waals surface area contributed by atoms with Crippen molar-refractivity contribution in [2.75, 3.05) is 39.9 Å². The molecule has 218 valence electrons. The van der Waals surface area contributed by atoms with Crippen LogP contribution in [0.5, 0.6) is 28.7 Å². The molecule has 1 atom stereocenters. The number of carbonyl (C=O) groups excluding carboxylic acids is 1. The standard InChI is InChI=1S/C28H26F4N2O7/c1-37-17-9-16(10-18(11-17)40-7-6-35)34-26(19-5-4-15(29)8-23(19)38-2)27(36)21-14-33-22-13-25(41-28(30,31)32)24(39-3)12-20(21)22/h4-5,8-14,26,33-35H,6-7H2,1-3H3. The van der Waals surface area contributed by atoms with E-state index in [4.69, 9.17) is 24.1 Å². The van der Waals surface area contributed by atoms with Gasteiger partial charge in [-0.25, -0.2) is 4.39 Å². The van der Waals surface area contributed by atoms with Crippen LogP contribution in [-0.2, 0) is 0 Å². The number of anilines is 1. The summed E-state index contributed by atoms with van der Waals surface area (Å²) in [5, 5.41) is 12.5. The first kappa shape index (κ1) is 29.3. The van der Waals surface area contributed by atoms with E-state index in [0.717, 1.165) is 12.1 Å². The molecule has 0 amide bonds. The number of aliphatic hydroxyl groups excluding tert-OH is 1. The Labute approximate surface area is 231 Å². The molecule has 0 aliphatic heterocycles. The minimum Gasteiger partial charge on any atom is -0.497 e. The number of aromatic amines is 1. The van der Waals surface area contributed by atoms with Crippen molar-refractivity contribution in [3.63, 3.8) is 0 Å². The van der Waals surface area contributed by atoms with Gasteiger partial charge < -0.3 is 39.1 Å². The van der Waals surface area contributed by atoms with Crippen molar-refractivity contribution in [2.24, 2.45) is 0 Å². The average Bonchev–Trinajstić information content (AvgIpc) is 3.35. The van der Waals surface area contributed by atoms with Crippen molar-refractivity contribution in [2.45, 2.75) is 12.4 Å². The Hall–Kier alpha value is -4.65. The fourth-order valence-corrected chi connectivity index (χ4v) is 4.25. The van der Waals surface area contributed by atoms with E-state index < -0.39 is 29.8 Å². The van der Waals surface area contributed by atoms with Gasteiger partial charge in [-0.15, -0.1) is 13.2 Å². The Morgan fingerprint density at radius 3 is 2.34 bits per heavy atom. The van der Waals surface area contributed by atoms with E-state index in [2.05, 4.69) is 15.0 Å². The maximum absolute atomic E-state index is 14.1. The topological polar surface area (TPSA) is 111 Å². The summed E-state index contributed by atoms with van der Waals surface area (Å²) >= 11 is 0. The number of aromatic nitrogens is 1. The lowest BCUT2D eigenvalue weighted by atomic mass is 9.95. The van der Waals surface area contributed by atoms with Crippen LogP contribution in [0.3, 0.4) is 0 Å². The predicted octanol–water partition coefficient (Wildman–Crippen LogP) is 5.64. The van der Waals surface area contributed by atoms with Gasteiger partial charge in [0.05, 0.1) is 33.5 Å². The molecule has 41 heavy (non-hydrogen) atoms. The average molecular weight is 579 g/mol. The Morgan fingerprint density at radius 1 is 0.951 bits per heavy atom. The number of methoxy groups -OCH3 is 3. The van der Waals surface area contributed by atoms with Gasteiger partial charge in [-0.3, -0.25) is 4.79 Å². The highest BCUT2D eigenvalue weighted by molar-refractivity contribution is 6.12. The summed E-state index contributed by atoms with van der Waals surface area (Å²) in [5.74, 6) is -1.16. The number of hydrogen-bond donors (Lipinski definition) is 3. The number of alkyl halides is 3. The molecule has 4 rings (SSSR count). The molecule has 1 aromatic heterocycles. The molecule has 9 nitrogen and oxygen atoms in total. The Balaban J connectivity index is 1.82. The largest absolute Gasteiger partial charge is 0.573 e. The quantitative estimate of drug-likeness (QED) is 0.146. The number of fused-ring (bicyclic) bond motifs is 1. The maximum Gasteiger partial charge on any atom is 0.573 e. The van der Waals surface area contributed by atoms with Gasteiger partial charge in [0.2, 0.25) is 0 Å². The van der Waals surface area contributed by atoms with Crippen molar-refractivity contribution in [3.05, 3.63) is 71.7 Å². The van der Waals surface area contributed by atoms with Gasteiger partial charge in [0, 0.05) is 58.7 Å². The number of rotatable bonds is 12. The zero-order valence-electron chi connectivity index (χ0n) is 22.1. The van der Waals surface area contributed by atoms with Crippen LogP contribution in [-0.4, -0.2) is 56.8 Å². The molecule has 1 unspecified atom stereocenters. The number of halogens is 4. The molecule has 0 spiro atoms. The molecule has 3 aromatic carbocycles. The van der Waals surface area contributed by atoms with Crippen LogP contribution in [0.1, 0.15) is 22.0 Å². The molecular weight excluding hydrogens is 552 g/mol. The molecule has 13 heteroatoms. The number of hydrogen-bond acceptors (Lipinski definition) is 8. The van der Waals surface area contributed by atoms with Crippen molar-refractivity contribution >= 4 is 22.4 Å². The van der Waals surface area contributed by atoms with E-state index in [0.29, 0.717) is 17.2 Å². The van der Waals surface area contributed by atoms with E-state index in [1.54, 1.807) is 18.2 Å². The minimum absolute atomic E-state index is 0.0119. The molecule has 0 aliphatic rings. The minimum atomic E-state index is -4.96. The molecule has 0 saturated carbocycles. The monoisotopic (exact) mass is 578 g/mol. The lowest BCUT2D eigenvalue weighted by Gasteiger charge is -2.22. The number of benzene rings is 3. The Bertz CT molecular complexity index is 1540. The summed E-state index contributed by atoms with van der Waals surface area (Å²) in [6.45, 7) is -0.217. The van der Waals surface area contributed by atoms with Crippen LogP contribution in [0.4, 0.5) is 23.2 Å². The zero-order valence-corrected chi connectivity index (χ0v) is 22.1. The summed E-state index contributed by atoms with van der Waals surface area (Å²) in [7, 11) is 3.94. The van der Waals surface area contributed by atoms with Gasteiger partial charge in [0.15, 0.2) is 17.3 Å². The van der Waals surface area contributed by atoms with Crippen LogP contribution in [0.25, 0.3) is 10.9 Å². The van der Waals surface area contributed by atoms with E-state index in [-0.39, 0.29) is 46.7 Å². The van der Waals surface area contributed by atoms with Crippen LogP contribution in [0.2, 0.25) is 0 Å². The highest BCUT2D eigenvalue weighted by Crippen LogP contribution is 2.39. The molecule has 3 N–H and O–H groups in total. The number of Topliss-reactive ketones (excluding diaryl/α,β-unsaturated/α-hetero) is 1. The van der Waals surface area contributed by atoms with Crippen molar-refractivity contribution in [1.29, 1.82) is 0 Å². The summed E-state index contributed by atoms with van der Waals surface area (Å²) in [4.78, 5) is 16.9. The second kappa shape index (κ2) is 12.3. The third-order valence-electron chi connectivity index (χ3n) is 6.01. The van der Waals surface area contributed by atoms with Crippen molar-refractivity contribution < 1.29 is 51.1 Å². The second-order valence-corrected chi connectivity index (χ2v) is 8.60. The number of aliphatic hydroxyl groups is 1. The highest BCUT2D eigenvalue weighted by Gasteiger charge is 2.33. The third kappa shape index (κ3) is 6.74. The van der Waals surface area contributed by atoms with Crippen molar-refractivity contribution in [1.82, 2.24) is 4.98 Å². The maximum atomic E-state index is 14.1. The van der Waals surface area contributed by atoms with Gasteiger partial charge in [-0.2, -0.15) is 0 Å². The summed E-state index contributed by atoms with van der Waals surface area (Å²) in [5.41, 5.74) is 0.929. The summed E-state index contributed by atoms with van der Waals surface area (Å²) in [6, 6.07) is 9.59. The predicted molar refractivity (Wildman–Crippen MR) is 141 cm³/mol. The zero-order chi connectivity index (χ0) is 29.7. The van der Waals surface area contributed by atoms with E-state index in [9.17, 15) is 22.4 Å². The third-order valence-corrected chi connectivity index (χ3v) is 6.01. The van der Waals surface area contributed by atoms with Gasteiger partial charge in [-0.05, 0) is 18.2 Å². The van der Waals surface area contributed by atoms with E-state index in [1.165, 1.54) is 45.7 Å².